The maximum Gasteiger partial charge on any atom is 0.255 e. The molecule has 0 saturated heterocycles. The molecule has 1 fully saturated rings. The van der Waals surface area contributed by atoms with E-state index >= 15 is 0 Å². The minimum Gasteiger partial charge on any atom is -0.509 e. The molecular weight excluding hydrogens is 616 g/mol. The molecule has 0 radical (unpaired) electrons. The highest BCUT2D eigenvalue weighted by molar-refractivity contribution is 6.25. The standard InChI is InChI=1S/C31H42N6O10/c1-36(2)25-24(40)21(28(33)43)26(41)30(14-32)27(42)22-23(39)20-16(9-29(22,34)13-31(25,30)35)15(7-8-17(20)38)10-37(11-18(44-3)45-4)12-19(46-5)47-6/h7-8,18-19,25,38-39,41H,9-13,34-35H2,1-6H3,(H2,33,43)/t25-,29-,30+,31-/m1/s1. The van der Waals surface area contributed by atoms with Gasteiger partial charge in [-0.1, -0.05) is 6.07 Å². The molecular formula is C31H42N6O10. The van der Waals surface area contributed by atoms with E-state index in [1.54, 1.807) is 12.1 Å². The van der Waals surface area contributed by atoms with Crippen molar-refractivity contribution in [1.82, 2.24) is 9.80 Å². The number of aliphatic hydroxyl groups excluding tert-OH is 2. The average molecular weight is 659 g/mol. The molecule has 1 saturated carbocycles. The van der Waals surface area contributed by atoms with Gasteiger partial charge in [0.25, 0.3) is 5.91 Å². The molecule has 0 unspecified atom stereocenters. The Hall–Kier alpha value is -3.92. The Labute approximate surface area is 271 Å². The molecule has 16 heteroatoms. The number of primary amides is 1. The second-order valence-electron chi connectivity index (χ2n) is 12.4. The smallest absolute Gasteiger partial charge is 0.255 e. The van der Waals surface area contributed by atoms with Crippen molar-refractivity contribution in [3.05, 3.63) is 45.7 Å². The Kier molecular flexibility index (Phi) is 9.89. The van der Waals surface area contributed by atoms with Crippen molar-refractivity contribution >= 4 is 23.2 Å². The number of fused-ring (bicyclic) bond motifs is 3. The van der Waals surface area contributed by atoms with E-state index in [-0.39, 0.29) is 37.4 Å². The third-order valence-corrected chi connectivity index (χ3v) is 9.49. The van der Waals surface area contributed by atoms with Crippen LogP contribution in [0.5, 0.6) is 5.75 Å². The Bertz CT molecular complexity index is 1560. The van der Waals surface area contributed by atoms with E-state index in [0.29, 0.717) is 11.1 Å². The summed E-state index contributed by atoms with van der Waals surface area (Å²) in [5.41, 5.74) is 12.0. The number of carbonyl (C=O) groups excluding carboxylic acids is 3. The fraction of sp³-hybridized carbons (Fsp3) is 0.548. The van der Waals surface area contributed by atoms with Gasteiger partial charge >= 0.3 is 0 Å². The van der Waals surface area contributed by atoms with Gasteiger partial charge in [0, 0.05) is 35.0 Å². The van der Waals surface area contributed by atoms with Crippen LogP contribution in [0.25, 0.3) is 5.76 Å². The number of carbonyl (C=O) groups is 3. The summed E-state index contributed by atoms with van der Waals surface area (Å²) in [6.07, 6.45) is -1.93. The van der Waals surface area contributed by atoms with Crippen molar-refractivity contribution in [3.63, 3.8) is 0 Å². The van der Waals surface area contributed by atoms with E-state index < -0.39 is 81.7 Å². The third-order valence-electron chi connectivity index (χ3n) is 9.49. The summed E-state index contributed by atoms with van der Waals surface area (Å²) in [6, 6.07) is 3.24. The summed E-state index contributed by atoms with van der Waals surface area (Å²) in [5, 5.41) is 44.7. The van der Waals surface area contributed by atoms with Crippen LogP contribution in [0, 0.1) is 16.7 Å². The SMILES string of the molecule is COC(CN(Cc1ccc(O)c2c1C[C@@]1(N)C[C@@]3(N)[C@H](N(C)C)C(=O)C(C(N)=O)=C(O)[C@@]3(C#N)C(=O)C1=C2O)CC(OC)OC)OC. The molecule has 3 aliphatic rings. The molecule has 1 amide bonds. The lowest BCUT2D eigenvalue weighted by atomic mass is 9.47. The molecule has 0 bridgehead atoms. The molecule has 1 aromatic rings. The topological polar surface area (TPSA) is 257 Å². The van der Waals surface area contributed by atoms with Gasteiger partial charge in [0.15, 0.2) is 29.6 Å². The Morgan fingerprint density at radius 1 is 1.04 bits per heavy atom. The number of phenols is 1. The van der Waals surface area contributed by atoms with Crippen molar-refractivity contribution in [2.75, 3.05) is 55.6 Å². The quantitative estimate of drug-likeness (QED) is 0.116. The molecule has 0 heterocycles. The monoisotopic (exact) mass is 658 g/mol. The number of hydrogen-bond donors (Lipinski definition) is 6. The molecule has 47 heavy (non-hydrogen) atoms. The second-order valence-corrected chi connectivity index (χ2v) is 12.4. The van der Waals surface area contributed by atoms with Crippen LogP contribution in [0.4, 0.5) is 0 Å². The fourth-order valence-electron chi connectivity index (χ4n) is 7.40. The van der Waals surface area contributed by atoms with E-state index in [2.05, 4.69) is 0 Å². The number of phenolic OH excluding ortho intramolecular Hbond substituents is 1. The maximum atomic E-state index is 14.6. The minimum absolute atomic E-state index is 0.107. The van der Waals surface area contributed by atoms with Gasteiger partial charge in [0.1, 0.15) is 22.8 Å². The molecule has 0 spiro atoms. The number of likely N-dealkylation sites (N-methyl/N-ethyl adjacent to an activating group) is 1. The second kappa shape index (κ2) is 12.9. The van der Waals surface area contributed by atoms with Gasteiger partial charge in [0.2, 0.25) is 0 Å². The predicted molar refractivity (Wildman–Crippen MR) is 165 cm³/mol. The van der Waals surface area contributed by atoms with Crippen LogP contribution in [-0.4, -0.2) is 128 Å². The number of methoxy groups -OCH3 is 4. The van der Waals surface area contributed by atoms with Crippen LogP contribution in [-0.2, 0) is 46.3 Å². The number of ketones is 2. The van der Waals surface area contributed by atoms with Crippen molar-refractivity contribution in [2.24, 2.45) is 22.6 Å². The van der Waals surface area contributed by atoms with Crippen molar-refractivity contribution < 1.29 is 48.7 Å². The van der Waals surface area contributed by atoms with Gasteiger partial charge in [-0.15, -0.1) is 0 Å². The summed E-state index contributed by atoms with van der Waals surface area (Å²) < 4.78 is 21.6. The van der Waals surface area contributed by atoms with Gasteiger partial charge in [-0.05, 0) is 44.1 Å². The Morgan fingerprint density at radius 2 is 1.60 bits per heavy atom. The zero-order chi connectivity index (χ0) is 35.2. The number of hydrogen-bond acceptors (Lipinski definition) is 15. The number of amides is 1. The first-order valence-corrected chi connectivity index (χ1v) is 14.6. The number of Topliss-reactive ketones (excluding diaryl/α,β-unsaturated/α-hetero) is 2. The van der Waals surface area contributed by atoms with Gasteiger partial charge in [-0.2, -0.15) is 5.26 Å². The number of benzene rings is 1. The zero-order valence-corrected chi connectivity index (χ0v) is 27.2. The summed E-state index contributed by atoms with van der Waals surface area (Å²) in [4.78, 5) is 43.8. The number of nitrogens with zero attached hydrogens (tertiary/aromatic N) is 3. The molecule has 16 nitrogen and oxygen atoms in total. The predicted octanol–water partition coefficient (Wildman–Crippen LogP) is -1.05. The highest BCUT2D eigenvalue weighted by Gasteiger charge is 2.74. The van der Waals surface area contributed by atoms with Gasteiger partial charge in [-0.3, -0.25) is 24.2 Å². The lowest BCUT2D eigenvalue weighted by Gasteiger charge is -2.58. The molecule has 0 aromatic heterocycles. The normalized spacial score (nSPS) is 27.4. The largest absolute Gasteiger partial charge is 0.509 e. The van der Waals surface area contributed by atoms with Crippen LogP contribution in [0.15, 0.2) is 29.0 Å². The van der Waals surface area contributed by atoms with Crippen LogP contribution < -0.4 is 17.2 Å². The highest BCUT2D eigenvalue weighted by atomic mass is 16.7. The number of aliphatic hydroxyl groups is 2. The number of aromatic hydroxyl groups is 1. The fourth-order valence-corrected chi connectivity index (χ4v) is 7.40. The van der Waals surface area contributed by atoms with E-state index in [1.165, 1.54) is 53.5 Å². The van der Waals surface area contributed by atoms with Crippen molar-refractivity contribution in [2.45, 2.75) is 49.1 Å². The summed E-state index contributed by atoms with van der Waals surface area (Å²) >= 11 is 0. The molecule has 4 atom stereocenters. The van der Waals surface area contributed by atoms with Crippen LogP contribution in [0.2, 0.25) is 0 Å². The average Bonchev–Trinajstić information content (AvgIpc) is 2.98. The molecule has 256 valence electrons. The molecule has 1 aromatic carbocycles. The zero-order valence-electron chi connectivity index (χ0n) is 27.2. The van der Waals surface area contributed by atoms with E-state index in [9.17, 15) is 35.0 Å². The van der Waals surface area contributed by atoms with Gasteiger partial charge < -0.3 is 51.5 Å². The lowest BCUT2D eigenvalue weighted by Crippen LogP contribution is -2.80. The summed E-state index contributed by atoms with van der Waals surface area (Å²) in [7, 11) is 8.86. The van der Waals surface area contributed by atoms with E-state index in [4.69, 9.17) is 36.1 Å². The number of ether oxygens (including phenoxy) is 4. The molecule has 9 N–H and O–H groups in total. The minimum atomic E-state index is -2.74. The first kappa shape index (κ1) is 35.9. The Balaban J connectivity index is 1.96. The Morgan fingerprint density at radius 3 is 2.06 bits per heavy atom. The van der Waals surface area contributed by atoms with Crippen LogP contribution >= 0.6 is 0 Å². The summed E-state index contributed by atoms with van der Waals surface area (Å²) in [5.74, 6) is -5.88. The van der Waals surface area contributed by atoms with Crippen molar-refractivity contribution in [1.29, 1.82) is 5.26 Å². The van der Waals surface area contributed by atoms with E-state index in [0.717, 1.165) is 0 Å². The maximum absolute atomic E-state index is 14.6. The first-order chi connectivity index (χ1) is 22.0. The summed E-state index contributed by atoms with van der Waals surface area (Å²) in [6.45, 7) is 0.687. The first-order valence-electron chi connectivity index (χ1n) is 14.6. The molecule has 3 aliphatic carbocycles. The van der Waals surface area contributed by atoms with Crippen molar-refractivity contribution in [3.8, 4) is 11.8 Å². The molecule has 0 aliphatic heterocycles. The van der Waals surface area contributed by atoms with Crippen LogP contribution in [0.3, 0.4) is 0 Å². The highest BCUT2D eigenvalue weighted by Crippen LogP contribution is 2.58. The number of rotatable bonds is 12. The van der Waals surface area contributed by atoms with Crippen LogP contribution in [0.1, 0.15) is 23.1 Å². The van der Waals surface area contributed by atoms with Gasteiger partial charge in [0.05, 0.1) is 47.4 Å². The molecule has 4 rings (SSSR count). The third kappa shape index (κ3) is 5.38. The number of nitriles is 1. The van der Waals surface area contributed by atoms with Gasteiger partial charge in [-0.25, -0.2) is 0 Å². The lowest BCUT2D eigenvalue weighted by molar-refractivity contribution is -0.145. The van der Waals surface area contributed by atoms with E-state index in [1.807, 2.05) is 4.90 Å². The number of nitrogens with two attached hydrogens (primary N) is 3.